The fraction of sp³-hybridized carbons (Fsp3) is 0. The van der Waals surface area contributed by atoms with Gasteiger partial charge < -0.3 is 11.5 Å². The molecule has 0 aromatic carbocycles. The molecule has 0 aliphatic rings. The van der Waals surface area contributed by atoms with E-state index < -0.39 is 0 Å². The SMILES string of the molecule is NC(N)=CC=O. The minimum Gasteiger partial charge on any atom is -0.386 e. The van der Waals surface area contributed by atoms with Crippen molar-refractivity contribution in [3.8, 4) is 0 Å². The summed E-state index contributed by atoms with van der Waals surface area (Å²) in [6, 6.07) is 0. The van der Waals surface area contributed by atoms with Crippen molar-refractivity contribution in [2.75, 3.05) is 0 Å². The zero-order valence-corrected chi connectivity index (χ0v) is 3.22. The lowest BCUT2D eigenvalue weighted by atomic mass is 10.6. The van der Waals surface area contributed by atoms with E-state index in [1.165, 1.54) is 0 Å². The van der Waals surface area contributed by atoms with Crippen molar-refractivity contribution in [2.45, 2.75) is 0 Å². The van der Waals surface area contributed by atoms with Gasteiger partial charge in [-0.15, -0.1) is 0 Å². The molecule has 0 aromatic heterocycles. The molecule has 34 valence electrons. The summed E-state index contributed by atoms with van der Waals surface area (Å²) in [6.07, 6.45) is 1.62. The van der Waals surface area contributed by atoms with Crippen molar-refractivity contribution in [2.24, 2.45) is 11.5 Å². The Bertz CT molecular complexity index is 72.9. The lowest BCUT2D eigenvalue weighted by molar-refractivity contribution is -0.104. The van der Waals surface area contributed by atoms with Gasteiger partial charge in [0.05, 0.1) is 5.82 Å². The van der Waals surface area contributed by atoms with Crippen molar-refractivity contribution in [3.63, 3.8) is 0 Å². The number of allylic oxidation sites excluding steroid dienone is 1. The number of aldehydes is 1. The van der Waals surface area contributed by atoms with Crippen molar-refractivity contribution in [1.82, 2.24) is 0 Å². The average Bonchev–Trinajstić information content (AvgIpc) is 1.35. The smallest absolute Gasteiger partial charge is 0.146 e. The van der Waals surface area contributed by atoms with E-state index in [4.69, 9.17) is 11.5 Å². The molecular weight excluding hydrogens is 80.0 g/mol. The maximum absolute atomic E-state index is 9.38. The van der Waals surface area contributed by atoms with Gasteiger partial charge in [-0.25, -0.2) is 0 Å². The molecule has 6 heavy (non-hydrogen) atoms. The van der Waals surface area contributed by atoms with Crippen LogP contribution >= 0.6 is 0 Å². The summed E-state index contributed by atoms with van der Waals surface area (Å²) in [5, 5.41) is 0. The van der Waals surface area contributed by atoms with Gasteiger partial charge in [0, 0.05) is 6.08 Å². The summed E-state index contributed by atoms with van der Waals surface area (Å²) >= 11 is 0. The number of rotatable bonds is 1. The molecule has 0 heterocycles. The molecule has 4 N–H and O–H groups in total. The van der Waals surface area contributed by atoms with Gasteiger partial charge in [0.2, 0.25) is 0 Å². The highest BCUT2D eigenvalue weighted by atomic mass is 16.1. The molecule has 0 radical (unpaired) electrons. The van der Waals surface area contributed by atoms with Crippen LogP contribution in [0, 0.1) is 0 Å². The first-order valence-corrected chi connectivity index (χ1v) is 1.44. The summed E-state index contributed by atoms with van der Waals surface area (Å²) in [7, 11) is 0. The molecule has 3 nitrogen and oxygen atoms in total. The predicted octanol–water partition coefficient (Wildman–Crippen LogP) is -1.06. The molecule has 0 aromatic rings. The minimum absolute atomic E-state index is 0.0463. The van der Waals surface area contributed by atoms with Gasteiger partial charge in [-0.05, 0) is 0 Å². The summed E-state index contributed by atoms with van der Waals surface area (Å²) < 4.78 is 0. The van der Waals surface area contributed by atoms with Gasteiger partial charge in [-0.1, -0.05) is 0 Å². The molecule has 0 saturated heterocycles. The number of carbonyl (C=O) groups is 1. The lowest BCUT2D eigenvalue weighted by Crippen LogP contribution is -2.07. The standard InChI is InChI=1S/C3H6N2O/c4-3(5)1-2-6/h1-2H,4-5H2. The van der Waals surface area contributed by atoms with E-state index in [1.54, 1.807) is 0 Å². The van der Waals surface area contributed by atoms with Crippen LogP contribution in [0.5, 0.6) is 0 Å². The van der Waals surface area contributed by atoms with Gasteiger partial charge in [0.1, 0.15) is 6.29 Å². The topological polar surface area (TPSA) is 69.1 Å². The van der Waals surface area contributed by atoms with Crippen LogP contribution in [-0.2, 0) is 4.79 Å². The highest BCUT2D eigenvalue weighted by molar-refractivity contribution is 5.65. The van der Waals surface area contributed by atoms with Gasteiger partial charge in [-0.2, -0.15) is 0 Å². The van der Waals surface area contributed by atoms with Crippen LogP contribution in [0.1, 0.15) is 0 Å². The molecule has 0 atom stereocenters. The summed E-state index contributed by atoms with van der Waals surface area (Å²) in [6.45, 7) is 0. The Hall–Kier alpha value is -0.990. The third-order valence-corrected chi connectivity index (χ3v) is 0.260. The Balaban J connectivity index is 3.41. The van der Waals surface area contributed by atoms with Crippen molar-refractivity contribution in [1.29, 1.82) is 0 Å². The Kier molecular flexibility index (Phi) is 1.89. The van der Waals surface area contributed by atoms with Crippen LogP contribution in [0.3, 0.4) is 0 Å². The highest BCUT2D eigenvalue weighted by Crippen LogP contribution is 1.57. The second-order valence-electron chi connectivity index (χ2n) is 0.803. The van der Waals surface area contributed by atoms with Crippen LogP contribution in [0.15, 0.2) is 11.9 Å². The number of hydrogen-bond acceptors (Lipinski definition) is 3. The van der Waals surface area contributed by atoms with Crippen LogP contribution in [0.2, 0.25) is 0 Å². The van der Waals surface area contributed by atoms with E-state index in [1.807, 2.05) is 0 Å². The zero-order chi connectivity index (χ0) is 4.99. The summed E-state index contributed by atoms with van der Waals surface area (Å²) in [5.74, 6) is 0.0463. The Labute approximate surface area is 35.6 Å². The second kappa shape index (κ2) is 2.26. The van der Waals surface area contributed by atoms with Crippen molar-refractivity contribution in [3.05, 3.63) is 11.9 Å². The molecule has 0 spiro atoms. The maximum atomic E-state index is 9.38. The second-order valence-corrected chi connectivity index (χ2v) is 0.803. The quantitative estimate of drug-likeness (QED) is 0.316. The van der Waals surface area contributed by atoms with Gasteiger partial charge in [-0.3, -0.25) is 4.79 Å². The molecular formula is C3H6N2O. The fourth-order valence-corrected chi connectivity index (χ4v) is 0.0786. The lowest BCUT2D eigenvalue weighted by Gasteiger charge is -1.77. The first kappa shape index (κ1) is 5.01. The average molecular weight is 86.1 g/mol. The van der Waals surface area contributed by atoms with E-state index in [-0.39, 0.29) is 5.82 Å². The van der Waals surface area contributed by atoms with Gasteiger partial charge in [0.25, 0.3) is 0 Å². The molecule has 0 aliphatic heterocycles. The zero-order valence-electron chi connectivity index (χ0n) is 3.22. The number of nitrogens with two attached hydrogens (primary N) is 2. The summed E-state index contributed by atoms with van der Waals surface area (Å²) in [4.78, 5) is 9.38. The largest absolute Gasteiger partial charge is 0.386 e. The van der Waals surface area contributed by atoms with Gasteiger partial charge >= 0.3 is 0 Å². The van der Waals surface area contributed by atoms with Crippen molar-refractivity contribution >= 4 is 6.29 Å². The first-order valence-electron chi connectivity index (χ1n) is 1.44. The van der Waals surface area contributed by atoms with E-state index in [0.717, 1.165) is 6.08 Å². The van der Waals surface area contributed by atoms with Crippen molar-refractivity contribution < 1.29 is 4.79 Å². The molecule has 0 rings (SSSR count). The molecule has 0 aliphatic carbocycles. The Morgan fingerprint density at radius 1 is 1.50 bits per heavy atom. The maximum Gasteiger partial charge on any atom is 0.146 e. The molecule has 0 unspecified atom stereocenters. The van der Waals surface area contributed by atoms with Gasteiger partial charge in [0.15, 0.2) is 0 Å². The Morgan fingerprint density at radius 2 is 2.00 bits per heavy atom. The molecule has 0 amide bonds. The molecule has 0 fully saturated rings. The third-order valence-electron chi connectivity index (χ3n) is 0.260. The van der Waals surface area contributed by atoms with Crippen LogP contribution in [0.25, 0.3) is 0 Å². The highest BCUT2D eigenvalue weighted by Gasteiger charge is 1.66. The number of hydrogen-bond donors (Lipinski definition) is 2. The molecule has 3 heteroatoms. The molecule has 0 saturated carbocycles. The normalized spacial score (nSPS) is 6.67. The predicted molar refractivity (Wildman–Crippen MR) is 22.5 cm³/mol. The van der Waals surface area contributed by atoms with E-state index in [9.17, 15) is 4.79 Å². The first-order chi connectivity index (χ1) is 2.77. The van der Waals surface area contributed by atoms with Crippen LogP contribution in [0.4, 0.5) is 0 Å². The molecule has 0 bridgehead atoms. The fourth-order valence-electron chi connectivity index (χ4n) is 0.0786. The Morgan fingerprint density at radius 3 is 2.00 bits per heavy atom. The van der Waals surface area contributed by atoms with E-state index >= 15 is 0 Å². The van der Waals surface area contributed by atoms with E-state index in [0.29, 0.717) is 6.29 Å². The number of carbonyl (C=O) groups excluding carboxylic acids is 1. The third kappa shape index (κ3) is 3.01. The monoisotopic (exact) mass is 86.0 g/mol. The minimum atomic E-state index is 0.0463. The van der Waals surface area contributed by atoms with Crippen LogP contribution in [-0.4, -0.2) is 6.29 Å². The summed E-state index contributed by atoms with van der Waals surface area (Å²) in [5.41, 5.74) is 9.62. The van der Waals surface area contributed by atoms with E-state index in [2.05, 4.69) is 0 Å². The van der Waals surface area contributed by atoms with Crippen LogP contribution < -0.4 is 11.5 Å².